The Hall–Kier alpha value is -5.40. The van der Waals surface area contributed by atoms with Gasteiger partial charge >= 0.3 is 0 Å². The number of rotatable bonds is 0. The quantitative estimate of drug-likeness (QED) is 0.143. The predicted molar refractivity (Wildman–Crippen MR) is 369 cm³/mol. The molecule has 2 heterocycles. The maximum atomic E-state index is 2.47. The van der Waals surface area contributed by atoms with Crippen molar-refractivity contribution in [2.75, 3.05) is 0 Å². The summed E-state index contributed by atoms with van der Waals surface area (Å²) in [5, 5.41) is 1.42. The molecule has 0 radical (unpaired) electrons. The van der Waals surface area contributed by atoms with Crippen molar-refractivity contribution in [1.82, 2.24) is 4.57 Å². The van der Waals surface area contributed by atoms with Crippen LogP contribution in [0.1, 0.15) is 271 Å². The molecule has 0 saturated heterocycles. The number of nitrogens with zero attached hydrogens (tertiary/aromatic N) is 1. The molecule has 0 unspecified atom stereocenters. The second kappa shape index (κ2) is 34.1. The molecule has 5 aliphatic rings. The molecule has 1 heteroatoms. The summed E-state index contributed by atoms with van der Waals surface area (Å²) in [5.74, 6) is 0. The topological polar surface area (TPSA) is 4.93 Å². The average molecular weight is 1080 g/mol. The van der Waals surface area contributed by atoms with Crippen LogP contribution in [0.4, 0.5) is 0 Å². The van der Waals surface area contributed by atoms with Gasteiger partial charge in [0.25, 0.3) is 0 Å². The summed E-state index contributed by atoms with van der Waals surface area (Å²) in [5.41, 5.74) is 23.2. The zero-order valence-electron chi connectivity index (χ0n) is 56.8. The molecule has 0 N–H and O–H groups in total. The van der Waals surface area contributed by atoms with Crippen LogP contribution >= 0.6 is 0 Å². The van der Waals surface area contributed by atoms with E-state index in [1.54, 1.807) is 0 Å². The van der Waals surface area contributed by atoms with Gasteiger partial charge in [-0.15, -0.1) is 0 Å². The molecule has 11 rings (SSSR count). The van der Waals surface area contributed by atoms with Crippen molar-refractivity contribution >= 4 is 35.2 Å². The molecule has 1 aromatic heterocycles. The Kier molecular flexibility index (Phi) is 31.0. The van der Waals surface area contributed by atoms with E-state index >= 15 is 0 Å². The number of aromatic nitrogens is 1. The molecule has 0 fully saturated rings. The van der Waals surface area contributed by atoms with Crippen LogP contribution in [0.3, 0.4) is 0 Å². The lowest BCUT2D eigenvalue weighted by atomic mass is 9.82. The standard InChI is InChI=1S/C15H19N.4C13H16.6C2H6/c1-15(2,3)12-6-7-14-11(9-12)10-13-5-4-8-16(13)14;2*1-13(2,3)12-9-5-7-10-6-4-8-11(10)12;2*1-13(2,3)12-8-7-10-5-4-6-11(10)9-12;6*1-2/h6-7,9-10H,4-5,8H2,1-3H3;4-5,7-9H,6H2,1-3H3;4-7,9H,8H2,1-3H3;4,6-9H,5H2,1-3H3;4-5,7-9H,6H2,1-3H3;6*1-2H3. The lowest BCUT2D eigenvalue weighted by molar-refractivity contribution is 0.584. The van der Waals surface area contributed by atoms with Crippen molar-refractivity contribution in [1.29, 1.82) is 0 Å². The summed E-state index contributed by atoms with van der Waals surface area (Å²) in [7, 11) is 0. The Morgan fingerprint density at radius 1 is 0.350 bits per heavy atom. The van der Waals surface area contributed by atoms with E-state index in [0.29, 0.717) is 0 Å². The van der Waals surface area contributed by atoms with Gasteiger partial charge in [0.05, 0.1) is 0 Å². The van der Waals surface area contributed by atoms with E-state index < -0.39 is 0 Å². The van der Waals surface area contributed by atoms with Crippen molar-refractivity contribution in [3.05, 3.63) is 199 Å². The first-order chi connectivity index (χ1) is 37.9. The number of hydrogen-bond donors (Lipinski definition) is 0. The Labute approximate surface area is 495 Å². The van der Waals surface area contributed by atoms with Crippen LogP contribution < -0.4 is 0 Å². The van der Waals surface area contributed by atoms with Crippen LogP contribution in [-0.4, -0.2) is 4.57 Å². The highest BCUT2D eigenvalue weighted by Crippen LogP contribution is 2.35. The summed E-state index contributed by atoms with van der Waals surface area (Å²) < 4.78 is 2.47. The summed E-state index contributed by atoms with van der Waals surface area (Å²) in [6, 6.07) is 36.2. The third kappa shape index (κ3) is 20.9. The molecule has 0 spiro atoms. The molecule has 80 heavy (non-hydrogen) atoms. The number of fused-ring (bicyclic) bond motifs is 7. The molecule has 0 atom stereocenters. The van der Waals surface area contributed by atoms with Crippen molar-refractivity contribution in [2.45, 2.75) is 259 Å². The Morgan fingerprint density at radius 3 is 1.40 bits per heavy atom. The van der Waals surface area contributed by atoms with Crippen LogP contribution in [0.25, 0.3) is 35.2 Å². The zero-order chi connectivity index (χ0) is 61.2. The van der Waals surface area contributed by atoms with Crippen molar-refractivity contribution in [3.8, 4) is 0 Å². The van der Waals surface area contributed by atoms with E-state index in [2.05, 4.69) is 254 Å². The first-order valence-corrected chi connectivity index (χ1v) is 31.7. The van der Waals surface area contributed by atoms with Crippen LogP contribution in [-0.2, 0) is 65.7 Å². The summed E-state index contributed by atoms with van der Waals surface area (Å²) >= 11 is 0. The van der Waals surface area contributed by atoms with E-state index in [4.69, 9.17) is 0 Å². The number of aryl methyl sites for hydroxylation is 2. The minimum Gasteiger partial charge on any atom is -0.345 e. The molecule has 0 bridgehead atoms. The van der Waals surface area contributed by atoms with Crippen molar-refractivity contribution in [2.24, 2.45) is 0 Å². The molecule has 1 aliphatic heterocycles. The highest BCUT2D eigenvalue weighted by atomic mass is 15.0. The van der Waals surface area contributed by atoms with Gasteiger partial charge in [0.15, 0.2) is 0 Å². The van der Waals surface area contributed by atoms with Gasteiger partial charge in [-0.2, -0.15) is 0 Å². The maximum Gasteiger partial charge on any atom is 0.0482 e. The number of benzene rings is 5. The molecule has 5 aromatic carbocycles. The second-order valence-corrected chi connectivity index (χ2v) is 24.9. The number of hydrogen-bond acceptors (Lipinski definition) is 0. The van der Waals surface area contributed by atoms with E-state index in [0.717, 1.165) is 25.7 Å². The summed E-state index contributed by atoms with van der Waals surface area (Å²) in [6.45, 7) is 59.2. The molecule has 0 amide bonds. The smallest absolute Gasteiger partial charge is 0.0482 e. The maximum absolute atomic E-state index is 2.47. The van der Waals surface area contributed by atoms with Gasteiger partial charge in [-0.3, -0.25) is 0 Å². The summed E-state index contributed by atoms with van der Waals surface area (Å²) in [4.78, 5) is 0. The molecule has 1 nitrogen and oxygen atoms in total. The third-order valence-corrected chi connectivity index (χ3v) is 14.2. The highest BCUT2D eigenvalue weighted by molar-refractivity contribution is 5.83. The van der Waals surface area contributed by atoms with Crippen LogP contribution in [0.15, 0.2) is 121 Å². The minimum absolute atomic E-state index is 0.251. The normalized spacial score (nSPS) is 13.1. The van der Waals surface area contributed by atoms with E-state index in [9.17, 15) is 0 Å². The molecule has 6 aromatic rings. The molecular formula is C79H119N. The fourth-order valence-electron chi connectivity index (χ4n) is 10.1. The van der Waals surface area contributed by atoms with Gasteiger partial charge in [-0.1, -0.05) is 314 Å². The zero-order valence-corrected chi connectivity index (χ0v) is 56.8. The largest absolute Gasteiger partial charge is 0.345 e. The monoisotopic (exact) mass is 1080 g/mol. The average Bonchev–Trinajstić information content (AvgIpc) is 4.33. The first kappa shape index (κ1) is 72.6. The fourth-order valence-corrected chi connectivity index (χ4v) is 10.1. The SMILES string of the molecule is CC.CC.CC.CC.CC.CC.CC(C)(C)c1ccc2c(c1)C=CC2.CC(C)(C)c1ccc2c(c1)CC=C2.CC(C)(C)c1ccc2c(c1)cc1n2CCC1.CC(C)(C)c1cccc2c1C=CC2.CC(C)(C)c1cccc2c1CC=C2. The van der Waals surface area contributed by atoms with Gasteiger partial charge in [0.2, 0.25) is 0 Å². The van der Waals surface area contributed by atoms with Crippen LogP contribution in [0.5, 0.6) is 0 Å². The van der Waals surface area contributed by atoms with Gasteiger partial charge in [0.1, 0.15) is 0 Å². The van der Waals surface area contributed by atoms with Crippen LogP contribution in [0.2, 0.25) is 0 Å². The minimum atomic E-state index is 0.251. The highest BCUT2D eigenvalue weighted by Gasteiger charge is 2.22. The molecule has 4 aliphatic carbocycles. The second-order valence-electron chi connectivity index (χ2n) is 24.9. The Bertz CT molecular complexity index is 2860. The van der Waals surface area contributed by atoms with E-state index in [-0.39, 0.29) is 27.1 Å². The number of allylic oxidation sites excluding steroid dienone is 4. The molecule has 440 valence electrons. The van der Waals surface area contributed by atoms with Gasteiger partial charge in [0, 0.05) is 23.1 Å². The molecular weight excluding hydrogens is 963 g/mol. The van der Waals surface area contributed by atoms with E-state index in [1.807, 2.05) is 83.1 Å². The first-order valence-electron chi connectivity index (χ1n) is 31.7. The molecule has 0 saturated carbocycles. The fraction of sp³-hybridized carbons (Fsp3) is 0.494. The Balaban J connectivity index is 0.000000478. The van der Waals surface area contributed by atoms with Crippen molar-refractivity contribution < 1.29 is 0 Å². The lowest BCUT2D eigenvalue weighted by Gasteiger charge is -2.22. The van der Waals surface area contributed by atoms with Gasteiger partial charge < -0.3 is 4.57 Å². The van der Waals surface area contributed by atoms with Gasteiger partial charge in [-0.25, -0.2) is 0 Å². The summed E-state index contributed by atoms with van der Waals surface area (Å²) in [6.07, 6.45) is 24.9. The Morgan fingerprint density at radius 2 is 0.812 bits per heavy atom. The van der Waals surface area contributed by atoms with E-state index in [1.165, 1.54) is 108 Å². The third-order valence-electron chi connectivity index (χ3n) is 14.2. The lowest BCUT2D eigenvalue weighted by Crippen LogP contribution is -2.13. The van der Waals surface area contributed by atoms with Crippen LogP contribution in [0, 0.1) is 0 Å². The predicted octanol–water partition coefficient (Wildman–Crippen LogP) is 24.3. The van der Waals surface area contributed by atoms with Crippen molar-refractivity contribution in [3.63, 3.8) is 0 Å². The van der Waals surface area contributed by atoms with Gasteiger partial charge in [-0.05, 0) is 156 Å².